The van der Waals surface area contributed by atoms with Gasteiger partial charge in [0.15, 0.2) is 9.84 Å². The summed E-state index contributed by atoms with van der Waals surface area (Å²) in [6, 6.07) is 0. The lowest BCUT2D eigenvalue weighted by Crippen LogP contribution is -2.34. The van der Waals surface area contributed by atoms with Crippen LogP contribution in [0.15, 0.2) is 0 Å². The van der Waals surface area contributed by atoms with Gasteiger partial charge in [0.1, 0.15) is 0 Å². The molecule has 0 aromatic rings. The van der Waals surface area contributed by atoms with E-state index >= 15 is 0 Å². The second-order valence-corrected chi connectivity index (χ2v) is 8.25. The molecule has 6 heteroatoms. The maximum atomic E-state index is 11.5. The van der Waals surface area contributed by atoms with E-state index < -0.39 is 9.84 Å². The SMILES string of the molecule is NC(=S)CC1(CN2CCCS(=O)(=O)CC2)CC1. The first-order chi connectivity index (χ1) is 7.91. The van der Waals surface area contributed by atoms with E-state index in [-0.39, 0.29) is 5.41 Å². The average molecular weight is 276 g/mol. The number of hydrogen-bond donors (Lipinski definition) is 1. The van der Waals surface area contributed by atoms with Gasteiger partial charge >= 0.3 is 0 Å². The zero-order valence-corrected chi connectivity index (χ0v) is 11.7. The van der Waals surface area contributed by atoms with Crippen LogP contribution in [0.4, 0.5) is 0 Å². The second-order valence-electron chi connectivity index (χ2n) is 5.42. The van der Waals surface area contributed by atoms with Crippen molar-refractivity contribution in [3.05, 3.63) is 0 Å². The lowest BCUT2D eigenvalue weighted by molar-refractivity contribution is 0.237. The molecule has 0 aromatic heterocycles. The molecule has 0 unspecified atom stereocenters. The van der Waals surface area contributed by atoms with Crippen LogP contribution in [0.25, 0.3) is 0 Å². The summed E-state index contributed by atoms with van der Waals surface area (Å²) in [7, 11) is -2.80. The first kappa shape index (κ1) is 13.2. The molecule has 0 atom stereocenters. The highest BCUT2D eigenvalue weighted by Crippen LogP contribution is 2.49. The Morgan fingerprint density at radius 3 is 2.59 bits per heavy atom. The molecular formula is C11H20N2O2S2. The predicted octanol–water partition coefficient (Wildman–Crippen LogP) is 0.563. The minimum Gasteiger partial charge on any atom is -0.393 e. The summed E-state index contributed by atoms with van der Waals surface area (Å²) in [6.07, 6.45) is 3.91. The summed E-state index contributed by atoms with van der Waals surface area (Å²) >= 11 is 4.98. The monoisotopic (exact) mass is 276 g/mol. The number of thiocarbonyl (C=S) groups is 1. The number of nitrogens with two attached hydrogens (primary N) is 1. The topological polar surface area (TPSA) is 63.4 Å². The van der Waals surface area contributed by atoms with Crippen LogP contribution in [0.1, 0.15) is 25.7 Å². The number of hydrogen-bond acceptors (Lipinski definition) is 4. The first-order valence-electron chi connectivity index (χ1n) is 6.12. The van der Waals surface area contributed by atoms with Crippen molar-refractivity contribution in [2.45, 2.75) is 25.7 Å². The third-order valence-electron chi connectivity index (χ3n) is 3.71. The molecule has 98 valence electrons. The minimum atomic E-state index is -2.80. The van der Waals surface area contributed by atoms with Crippen LogP contribution in [0.3, 0.4) is 0 Å². The summed E-state index contributed by atoms with van der Waals surface area (Å²) in [6.45, 7) is 2.51. The van der Waals surface area contributed by atoms with Crippen LogP contribution in [0.2, 0.25) is 0 Å². The first-order valence-corrected chi connectivity index (χ1v) is 8.35. The van der Waals surface area contributed by atoms with Crippen molar-refractivity contribution in [3.8, 4) is 0 Å². The predicted molar refractivity (Wildman–Crippen MR) is 72.8 cm³/mol. The van der Waals surface area contributed by atoms with Crippen LogP contribution in [-0.4, -0.2) is 49.4 Å². The fraction of sp³-hybridized carbons (Fsp3) is 0.909. The van der Waals surface area contributed by atoms with Gasteiger partial charge in [-0.1, -0.05) is 12.2 Å². The summed E-state index contributed by atoms with van der Waals surface area (Å²) < 4.78 is 23.0. The molecule has 0 amide bonds. The summed E-state index contributed by atoms with van der Waals surface area (Å²) in [5, 5.41) is 0. The second kappa shape index (κ2) is 4.82. The Balaban J connectivity index is 1.89. The molecule has 0 aromatic carbocycles. The summed E-state index contributed by atoms with van der Waals surface area (Å²) in [4.78, 5) is 2.86. The Morgan fingerprint density at radius 2 is 2.00 bits per heavy atom. The van der Waals surface area contributed by atoms with E-state index in [4.69, 9.17) is 18.0 Å². The fourth-order valence-electron chi connectivity index (χ4n) is 2.56. The van der Waals surface area contributed by atoms with Gasteiger partial charge < -0.3 is 10.6 Å². The molecule has 1 aliphatic carbocycles. The quantitative estimate of drug-likeness (QED) is 0.760. The minimum absolute atomic E-state index is 0.264. The van der Waals surface area contributed by atoms with Crippen molar-refractivity contribution in [1.29, 1.82) is 0 Å². The van der Waals surface area contributed by atoms with Gasteiger partial charge in [-0.2, -0.15) is 0 Å². The number of rotatable bonds is 4. The van der Waals surface area contributed by atoms with Gasteiger partial charge in [-0.05, 0) is 31.2 Å². The molecular weight excluding hydrogens is 256 g/mol. The normalized spacial score (nSPS) is 27.3. The molecule has 0 radical (unpaired) electrons. The Labute approximate surface area is 108 Å². The smallest absolute Gasteiger partial charge is 0.151 e. The highest BCUT2D eigenvalue weighted by atomic mass is 32.2. The molecule has 0 bridgehead atoms. The molecule has 1 saturated carbocycles. The zero-order valence-electron chi connectivity index (χ0n) is 10.0. The van der Waals surface area contributed by atoms with Crippen LogP contribution in [0, 0.1) is 5.41 Å². The Hall–Kier alpha value is -0.200. The molecule has 2 rings (SSSR count). The van der Waals surface area contributed by atoms with Crippen molar-refractivity contribution in [3.63, 3.8) is 0 Å². The fourth-order valence-corrected chi connectivity index (χ4v) is 4.18. The van der Waals surface area contributed by atoms with Gasteiger partial charge in [-0.15, -0.1) is 0 Å². The molecule has 4 nitrogen and oxygen atoms in total. The van der Waals surface area contributed by atoms with E-state index in [9.17, 15) is 8.42 Å². The van der Waals surface area contributed by atoms with Crippen molar-refractivity contribution in [1.82, 2.24) is 4.90 Å². The van der Waals surface area contributed by atoms with Crippen molar-refractivity contribution >= 4 is 27.0 Å². The summed E-state index contributed by atoms with van der Waals surface area (Å²) in [5.74, 6) is 0.641. The van der Waals surface area contributed by atoms with Crippen LogP contribution in [0.5, 0.6) is 0 Å². The molecule has 17 heavy (non-hydrogen) atoms. The van der Waals surface area contributed by atoms with Crippen LogP contribution >= 0.6 is 12.2 Å². The van der Waals surface area contributed by atoms with Gasteiger partial charge in [-0.3, -0.25) is 0 Å². The van der Waals surface area contributed by atoms with E-state index in [2.05, 4.69) is 4.90 Å². The van der Waals surface area contributed by atoms with Crippen molar-refractivity contribution in [2.24, 2.45) is 11.1 Å². The maximum absolute atomic E-state index is 11.5. The molecule has 2 fully saturated rings. The molecule has 0 spiro atoms. The van der Waals surface area contributed by atoms with E-state index in [1.54, 1.807) is 0 Å². The van der Waals surface area contributed by atoms with Gasteiger partial charge in [0.25, 0.3) is 0 Å². The molecule has 1 heterocycles. The van der Waals surface area contributed by atoms with E-state index in [1.807, 2.05) is 0 Å². The Bertz CT molecular complexity index is 402. The lowest BCUT2D eigenvalue weighted by Gasteiger charge is -2.25. The molecule has 2 aliphatic rings. The van der Waals surface area contributed by atoms with Gasteiger partial charge in [-0.25, -0.2) is 8.42 Å². The summed E-state index contributed by atoms with van der Waals surface area (Å²) in [5.41, 5.74) is 5.88. The van der Waals surface area contributed by atoms with Crippen LogP contribution < -0.4 is 5.73 Å². The van der Waals surface area contributed by atoms with Crippen molar-refractivity contribution < 1.29 is 8.42 Å². The Kier molecular flexibility index (Phi) is 3.75. The number of sulfone groups is 1. The van der Waals surface area contributed by atoms with E-state index in [1.165, 1.54) is 12.8 Å². The Morgan fingerprint density at radius 1 is 1.29 bits per heavy atom. The largest absolute Gasteiger partial charge is 0.393 e. The molecule has 2 N–H and O–H groups in total. The van der Waals surface area contributed by atoms with Crippen molar-refractivity contribution in [2.75, 3.05) is 31.1 Å². The highest BCUT2D eigenvalue weighted by molar-refractivity contribution is 7.91. The van der Waals surface area contributed by atoms with Gasteiger partial charge in [0, 0.05) is 19.5 Å². The third-order valence-corrected chi connectivity index (χ3v) is 5.57. The maximum Gasteiger partial charge on any atom is 0.151 e. The highest BCUT2D eigenvalue weighted by Gasteiger charge is 2.44. The molecule has 1 aliphatic heterocycles. The van der Waals surface area contributed by atoms with Crippen LogP contribution in [-0.2, 0) is 9.84 Å². The lowest BCUT2D eigenvalue weighted by atomic mass is 10.0. The van der Waals surface area contributed by atoms with Gasteiger partial charge in [0.2, 0.25) is 0 Å². The molecule has 1 saturated heterocycles. The zero-order chi connectivity index (χ0) is 12.5. The van der Waals surface area contributed by atoms with E-state index in [0.717, 1.165) is 25.9 Å². The third kappa shape index (κ3) is 3.89. The number of nitrogens with zero attached hydrogens (tertiary/aromatic N) is 1. The van der Waals surface area contributed by atoms with Gasteiger partial charge in [0.05, 0.1) is 16.5 Å². The standard InChI is InChI=1S/C11H20N2O2S2/c12-10(16)8-11(2-3-11)9-13-4-1-6-17(14,15)7-5-13/h1-9H2,(H2,12,16). The average Bonchev–Trinajstić information content (AvgIpc) is 2.94. The van der Waals surface area contributed by atoms with E-state index in [0.29, 0.717) is 23.0 Å².